The monoisotopic (exact) mass is 181 g/mol. The molecule has 0 atom stereocenters. The van der Waals surface area contributed by atoms with Crippen LogP contribution >= 0.6 is 0 Å². The Morgan fingerprint density at radius 1 is 1.46 bits per heavy atom. The third kappa shape index (κ3) is 2.61. The van der Waals surface area contributed by atoms with Gasteiger partial charge in [-0.25, -0.2) is 0 Å². The maximum atomic E-state index is 11.4. The highest BCUT2D eigenvalue weighted by Crippen LogP contribution is 2.15. The summed E-state index contributed by atoms with van der Waals surface area (Å²) in [5.41, 5.74) is -0.283. The van der Waals surface area contributed by atoms with Crippen molar-refractivity contribution < 1.29 is 5.11 Å². The Morgan fingerprint density at radius 2 is 2.08 bits per heavy atom. The molecule has 0 bridgehead atoms. The molecule has 3 heteroatoms. The number of hydrogen-bond donors (Lipinski definition) is 1. The van der Waals surface area contributed by atoms with Gasteiger partial charge in [-0.15, -0.1) is 0 Å². The molecule has 0 saturated carbocycles. The van der Waals surface area contributed by atoms with E-state index in [0.29, 0.717) is 6.54 Å². The van der Waals surface area contributed by atoms with E-state index in [1.807, 2.05) is 20.8 Å². The van der Waals surface area contributed by atoms with Gasteiger partial charge in [-0.3, -0.25) is 4.79 Å². The molecule has 0 saturated heterocycles. The second-order valence-corrected chi connectivity index (χ2v) is 4.39. The van der Waals surface area contributed by atoms with Crippen molar-refractivity contribution in [3.05, 3.63) is 28.7 Å². The summed E-state index contributed by atoms with van der Waals surface area (Å²) in [6, 6.07) is 3.07. The molecule has 72 valence electrons. The van der Waals surface area contributed by atoms with E-state index in [2.05, 4.69) is 0 Å². The van der Waals surface area contributed by atoms with Gasteiger partial charge < -0.3 is 9.67 Å². The fourth-order valence-corrected chi connectivity index (χ4v) is 1.16. The standard InChI is InChI=1S/C10H15NO2/c1-10(2,3)7-11-6-4-5-8(12)9(11)13/h4-6,12H,7H2,1-3H3. The van der Waals surface area contributed by atoms with E-state index in [1.165, 1.54) is 10.6 Å². The number of nitrogens with zero attached hydrogens (tertiary/aromatic N) is 1. The molecule has 0 aliphatic rings. The van der Waals surface area contributed by atoms with Crippen molar-refractivity contribution in [1.29, 1.82) is 0 Å². The smallest absolute Gasteiger partial charge is 0.292 e. The van der Waals surface area contributed by atoms with E-state index in [9.17, 15) is 4.79 Å². The average Bonchev–Trinajstić information content (AvgIpc) is 1.96. The third-order valence-electron chi connectivity index (χ3n) is 1.64. The highest BCUT2D eigenvalue weighted by Gasteiger charge is 2.12. The predicted octanol–water partition coefficient (Wildman–Crippen LogP) is 1.60. The van der Waals surface area contributed by atoms with E-state index in [0.717, 1.165) is 0 Å². The molecule has 0 aliphatic heterocycles. The van der Waals surface area contributed by atoms with Gasteiger partial charge in [0.05, 0.1) is 0 Å². The molecular formula is C10H15NO2. The fraction of sp³-hybridized carbons (Fsp3) is 0.500. The molecule has 0 spiro atoms. The first-order valence-electron chi connectivity index (χ1n) is 4.28. The van der Waals surface area contributed by atoms with Crippen LogP contribution in [0.4, 0.5) is 0 Å². The van der Waals surface area contributed by atoms with Gasteiger partial charge >= 0.3 is 0 Å². The van der Waals surface area contributed by atoms with Crippen LogP contribution in [0.5, 0.6) is 5.75 Å². The van der Waals surface area contributed by atoms with Crippen LogP contribution in [0.3, 0.4) is 0 Å². The number of hydrogen-bond acceptors (Lipinski definition) is 2. The van der Waals surface area contributed by atoms with Crippen molar-refractivity contribution in [2.75, 3.05) is 0 Å². The maximum absolute atomic E-state index is 11.4. The van der Waals surface area contributed by atoms with Gasteiger partial charge in [-0.2, -0.15) is 0 Å². The van der Waals surface area contributed by atoms with E-state index in [4.69, 9.17) is 5.11 Å². The van der Waals surface area contributed by atoms with Gasteiger partial charge in [-0.05, 0) is 17.5 Å². The van der Waals surface area contributed by atoms with Crippen LogP contribution in [0.2, 0.25) is 0 Å². The quantitative estimate of drug-likeness (QED) is 0.715. The second kappa shape index (κ2) is 3.24. The zero-order chi connectivity index (χ0) is 10.1. The minimum Gasteiger partial charge on any atom is -0.503 e. The molecule has 0 radical (unpaired) electrons. The molecule has 0 amide bonds. The second-order valence-electron chi connectivity index (χ2n) is 4.39. The molecule has 0 aromatic carbocycles. The Morgan fingerprint density at radius 3 is 2.62 bits per heavy atom. The Balaban J connectivity index is 3.03. The molecule has 1 rings (SSSR count). The van der Waals surface area contributed by atoms with Crippen molar-refractivity contribution in [3.63, 3.8) is 0 Å². The van der Waals surface area contributed by atoms with Gasteiger partial charge in [-0.1, -0.05) is 20.8 Å². The molecule has 1 aromatic heterocycles. The Kier molecular flexibility index (Phi) is 2.45. The van der Waals surface area contributed by atoms with Crippen LogP contribution in [0.15, 0.2) is 23.1 Å². The average molecular weight is 181 g/mol. The van der Waals surface area contributed by atoms with Gasteiger partial charge in [0.25, 0.3) is 5.56 Å². The molecule has 0 unspecified atom stereocenters. The fourth-order valence-electron chi connectivity index (χ4n) is 1.16. The predicted molar refractivity (Wildman–Crippen MR) is 51.8 cm³/mol. The van der Waals surface area contributed by atoms with Gasteiger partial charge in [0, 0.05) is 12.7 Å². The van der Waals surface area contributed by atoms with Gasteiger partial charge in [0.2, 0.25) is 0 Å². The minimum absolute atomic E-state index is 0.0393. The summed E-state index contributed by atoms with van der Waals surface area (Å²) < 4.78 is 1.52. The van der Waals surface area contributed by atoms with Gasteiger partial charge in [0.1, 0.15) is 0 Å². The SMILES string of the molecule is CC(C)(C)Cn1cccc(O)c1=O. The number of aromatic nitrogens is 1. The first-order valence-corrected chi connectivity index (χ1v) is 4.28. The lowest BCUT2D eigenvalue weighted by atomic mass is 9.97. The first-order chi connectivity index (χ1) is 5.90. The van der Waals surface area contributed by atoms with E-state index in [-0.39, 0.29) is 16.7 Å². The normalized spacial score (nSPS) is 11.6. The summed E-state index contributed by atoms with van der Waals surface area (Å²) in [5, 5.41) is 9.16. The molecule has 0 aliphatic carbocycles. The maximum Gasteiger partial charge on any atom is 0.292 e. The van der Waals surface area contributed by atoms with Crippen molar-refractivity contribution in [2.45, 2.75) is 27.3 Å². The molecule has 1 N–H and O–H groups in total. The summed E-state index contributed by atoms with van der Waals surface area (Å²) in [7, 11) is 0. The van der Waals surface area contributed by atoms with Crippen LogP contribution in [0.25, 0.3) is 0 Å². The van der Waals surface area contributed by atoms with E-state index in [1.54, 1.807) is 12.3 Å². The van der Waals surface area contributed by atoms with Crippen LogP contribution in [0, 0.1) is 5.41 Å². The molecule has 3 nitrogen and oxygen atoms in total. The summed E-state index contributed by atoms with van der Waals surface area (Å²) in [6.45, 7) is 6.75. The molecular weight excluding hydrogens is 166 g/mol. The van der Waals surface area contributed by atoms with Crippen LogP contribution in [-0.2, 0) is 6.54 Å². The zero-order valence-electron chi connectivity index (χ0n) is 8.24. The highest BCUT2D eigenvalue weighted by atomic mass is 16.3. The minimum atomic E-state index is -0.322. The Labute approximate surface area is 77.6 Å². The summed E-state index contributed by atoms with van der Waals surface area (Å²) >= 11 is 0. The van der Waals surface area contributed by atoms with E-state index >= 15 is 0 Å². The first kappa shape index (κ1) is 9.84. The number of pyridine rings is 1. The highest BCUT2D eigenvalue weighted by molar-refractivity contribution is 5.14. The topological polar surface area (TPSA) is 42.2 Å². The number of rotatable bonds is 1. The van der Waals surface area contributed by atoms with E-state index < -0.39 is 0 Å². The van der Waals surface area contributed by atoms with Crippen molar-refractivity contribution in [2.24, 2.45) is 5.41 Å². The van der Waals surface area contributed by atoms with Crippen molar-refractivity contribution in [3.8, 4) is 5.75 Å². The lowest BCUT2D eigenvalue weighted by Crippen LogP contribution is -2.25. The summed E-state index contributed by atoms with van der Waals surface area (Å²) in [5.74, 6) is -0.188. The summed E-state index contributed by atoms with van der Waals surface area (Å²) in [6.07, 6.45) is 1.69. The molecule has 13 heavy (non-hydrogen) atoms. The molecule has 0 fully saturated rings. The number of aromatic hydroxyl groups is 1. The van der Waals surface area contributed by atoms with Crippen LogP contribution in [-0.4, -0.2) is 9.67 Å². The van der Waals surface area contributed by atoms with Crippen LogP contribution < -0.4 is 5.56 Å². The third-order valence-corrected chi connectivity index (χ3v) is 1.64. The molecule has 1 aromatic rings. The lowest BCUT2D eigenvalue weighted by molar-refractivity contribution is 0.333. The molecule has 1 heterocycles. The lowest BCUT2D eigenvalue weighted by Gasteiger charge is -2.19. The largest absolute Gasteiger partial charge is 0.503 e. The summed E-state index contributed by atoms with van der Waals surface area (Å²) in [4.78, 5) is 11.4. The van der Waals surface area contributed by atoms with Crippen molar-refractivity contribution >= 4 is 0 Å². The van der Waals surface area contributed by atoms with Crippen LogP contribution in [0.1, 0.15) is 20.8 Å². The Hall–Kier alpha value is -1.25. The zero-order valence-corrected chi connectivity index (χ0v) is 8.24. The Bertz CT molecular complexity index is 347. The van der Waals surface area contributed by atoms with Gasteiger partial charge in [0.15, 0.2) is 5.75 Å². The van der Waals surface area contributed by atoms with Crippen molar-refractivity contribution in [1.82, 2.24) is 4.57 Å².